The Balaban J connectivity index is 5.52. The Morgan fingerprint density at radius 3 is 1.38 bits per heavy atom. The largest absolute Gasteiger partial charge is 0.331 e. The van der Waals surface area contributed by atoms with Gasteiger partial charge in [-0.1, -0.05) is 26.0 Å². The lowest BCUT2D eigenvalue weighted by Crippen LogP contribution is -2.43. The predicted molar refractivity (Wildman–Crippen MR) is 110 cm³/mol. The van der Waals surface area contributed by atoms with Gasteiger partial charge in [0.2, 0.25) is 0 Å². The van der Waals surface area contributed by atoms with Crippen molar-refractivity contribution in [2.75, 3.05) is 6.61 Å². The maximum atomic E-state index is 6.65. The van der Waals surface area contributed by atoms with Crippen LogP contribution in [0.4, 0.5) is 0 Å². The first-order valence-electron chi connectivity index (χ1n) is 9.66. The van der Waals surface area contributed by atoms with Crippen LogP contribution in [0.5, 0.6) is 0 Å². The summed E-state index contributed by atoms with van der Waals surface area (Å²) in [5.41, 5.74) is 0. The Labute approximate surface area is 153 Å². The van der Waals surface area contributed by atoms with E-state index in [-0.39, 0.29) is 0 Å². The van der Waals surface area contributed by atoms with E-state index in [1.165, 1.54) is 0 Å². The molecule has 3 nitrogen and oxygen atoms in total. The summed E-state index contributed by atoms with van der Waals surface area (Å²) >= 11 is 0. The van der Waals surface area contributed by atoms with Crippen LogP contribution in [0.2, 0.25) is 0 Å². The van der Waals surface area contributed by atoms with Gasteiger partial charge in [-0.25, -0.2) is 9.34 Å². The van der Waals surface area contributed by atoms with Crippen LogP contribution in [0.15, 0.2) is 12.2 Å². The van der Waals surface area contributed by atoms with Gasteiger partial charge in [-0.2, -0.15) is 0 Å². The van der Waals surface area contributed by atoms with Gasteiger partial charge in [0.25, 0.3) is 0 Å². The molecule has 0 heterocycles. The summed E-state index contributed by atoms with van der Waals surface area (Å²) in [5, 5.41) is 0. The molecule has 0 aromatic rings. The summed E-state index contributed by atoms with van der Waals surface area (Å²) in [5.74, 6) is 1.07. The van der Waals surface area contributed by atoms with Gasteiger partial charge in [-0.3, -0.25) is 0 Å². The normalized spacial score (nSPS) is 15.0. The molecule has 0 amide bonds. The van der Waals surface area contributed by atoms with Crippen LogP contribution in [0.1, 0.15) is 76.2 Å². The molecule has 0 aromatic carbocycles. The van der Waals surface area contributed by atoms with Crippen LogP contribution in [0, 0.1) is 11.8 Å². The first-order chi connectivity index (χ1) is 11.0. The lowest BCUT2D eigenvalue weighted by molar-refractivity contribution is 0.167. The second-order valence-electron chi connectivity index (χ2n) is 8.12. The summed E-state index contributed by atoms with van der Waals surface area (Å²) in [6.45, 7) is 25.7. The van der Waals surface area contributed by atoms with Crippen LogP contribution in [-0.2, 0) is 4.52 Å². The van der Waals surface area contributed by atoms with Crippen molar-refractivity contribution in [3.63, 3.8) is 0 Å². The minimum absolute atomic E-state index is 0.468. The summed E-state index contributed by atoms with van der Waals surface area (Å²) in [7, 11) is -0.781. The monoisotopic (exact) mass is 358 g/mol. The molecule has 0 saturated carbocycles. The molecule has 0 rings (SSSR count). The minimum Gasteiger partial charge on any atom is -0.331 e. The molecular formula is C20H43N2OP. The van der Waals surface area contributed by atoms with E-state index in [0.29, 0.717) is 36.0 Å². The number of hydrogen-bond acceptors (Lipinski definition) is 3. The van der Waals surface area contributed by atoms with Crippen molar-refractivity contribution in [1.29, 1.82) is 0 Å². The maximum absolute atomic E-state index is 6.65. The fourth-order valence-corrected chi connectivity index (χ4v) is 5.50. The molecule has 0 bridgehead atoms. The molecule has 0 aliphatic heterocycles. The van der Waals surface area contributed by atoms with Crippen LogP contribution < -0.4 is 0 Å². The average molecular weight is 359 g/mol. The van der Waals surface area contributed by atoms with Crippen molar-refractivity contribution >= 4 is 8.45 Å². The van der Waals surface area contributed by atoms with Crippen molar-refractivity contribution in [2.24, 2.45) is 11.8 Å². The molecule has 0 aliphatic carbocycles. The lowest BCUT2D eigenvalue weighted by atomic mass is 9.97. The molecule has 0 aliphatic rings. The minimum atomic E-state index is -0.781. The SMILES string of the molecule is C/C=C\C(COP(N(C(C)C)C(C)C)N(C(C)C)C(C)C)C(C)C. The van der Waals surface area contributed by atoms with E-state index < -0.39 is 8.45 Å². The second-order valence-corrected chi connectivity index (χ2v) is 9.80. The summed E-state index contributed by atoms with van der Waals surface area (Å²) < 4.78 is 11.8. The zero-order valence-corrected chi connectivity index (χ0v) is 19.0. The fraction of sp³-hybridized carbons (Fsp3) is 0.900. The molecule has 144 valence electrons. The van der Waals surface area contributed by atoms with Gasteiger partial charge in [0.15, 0.2) is 8.45 Å². The van der Waals surface area contributed by atoms with E-state index in [2.05, 4.69) is 97.7 Å². The third-order valence-corrected chi connectivity index (χ3v) is 7.21. The standard InChI is InChI=1S/C20H43N2OP/c1-12-13-20(15(2)3)14-23-24(21(16(4)5)17(6)7)22(18(8)9)19(10)11/h12-13,15-20H,14H2,1-11H3/b13-12-. The van der Waals surface area contributed by atoms with E-state index in [0.717, 1.165) is 6.61 Å². The molecule has 0 fully saturated rings. The van der Waals surface area contributed by atoms with Gasteiger partial charge in [0.05, 0.1) is 6.61 Å². The highest BCUT2D eigenvalue weighted by Gasteiger charge is 2.34. The molecule has 0 N–H and O–H groups in total. The molecule has 0 aromatic heterocycles. The number of hydrogen-bond donors (Lipinski definition) is 0. The highest BCUT2D eigenvalue weighted by Crippen LogP contribution is 2.51. The lowest BCUT2D eigenvalue weighted by Gasteiger charge is -2.46. The van der Waals surface area contributed by atoms with Gasteiger partial charge in [-0.05, 0) is 68.2 Å². The summed E-state index contributed by atoms with van der Waals surface area (Å²) in [6.07, 6.45) is 4.45. The van der Waals surface area contributed by atoms with Crippen molar-refractivity contribution in [3.8, 4) is 0 Å². The van der Waals surface area contributed by atoms with E-state index in [1.54, 1.807) is 0 Å². The predicted octanol–water partition coefficient (Wildman–Crippen LogP) is 6.32. The topological polar surface area (TPSA) is 15.7 Å². The van der Waals surface area contributed by atoms with Gasteiger partial charge >= 0.3 is 0 Å². The van der Waals surface area contributed by atoms with Gasteiger partial charge < -0.3 is 4.52 Å². The third-order valence-electron chi connectivity index (χ3n) is 4.19. The van der Waals surface area contributed by atoms with Crippen molar-refractivity contribution in [1.82, 2.24) is 9.34 Å². The molecule has 0 saturated heterocycles. The first kappa shape index (κ1) is 24.1. The fourth-order valence-electron chi connectivity index (χ4n) is 3.11. The van der Waals surface area contributed by atoms with Gasteiger partial charge in [0, 0.05) is 30.1 Å². The molecule has 4 heteroatoms. The third kappa shape index (κ3) is 7.52. The van der Waals surface area contributed by atoms with E-state index in [9.17, 15) is 0 Å². The summed E-state index contributed by atoms with van der Waals surface area (Å²) in [6, 6.07) is 1.87. The van der Waals surface area contributed by atoms with E-state index in [1.807, 2.05) is 0 Å². The Morgan fingerprint density at radius 2 is 1.12 bits per heavy atom. The Morgan fingerprint density at radius 1 is 0.750 bits per heavy atom. The Hall–Kier alpha value is 0.0500. The zero-order chi connectivity index (χ0) is 19.0. The van der Waals surface area contributed by atoms with Crippen molar-refractivity contribution in [3.05, 3.63) is 12.2 Å². The highest BCUT2D eigenvalue weighted by atomic mass is 31.2. The van der Waals surface area contributed by atoms with Crippen LogP contribution in [0.3, 0.4) is 0 Å². The Bertz CT molecular complexity index is 318. The molecule has 1 unspecified atom stereocenters. The van der Waals surface area contributed by atoms with Crippen molar-refractivity contribution in [2.45, 2.75) is 100 Å². The number of rotatable bonds is 11. The first-order valence-corrected chi connectivity index (χ1v) is 10.8. The molecule has 0 radical (unpaired) electrons. The zero-order valence-electron chi connectivity index (χ0n) is 18.1. The molecular weight excluding hydrogens is 315 g/mol. The average Bonchev–Trinajstić information content (AvgIpc) is 2.40. The maximum Gasteiger partial charge on any atom is 0.188 e. The second kappa shape index (κ2) is 11.6. The van der Waals surface area contributed by atoms with Crippen molar-refractivity contribution < 1.29 is 4.52 Å². The molecule has 24 heavy (non-hydrogen) atoms. The van der Waals surface area contributed by atoms with Gasteiger partial charge in [-0.15, -0.1) is 0 Å². The van der Waals surface area contributed by atoms with Crippen LogP contribution in [-0.4, -0.2) is 40.1 Å². The van der Waals surface area contributed by atoms with E-state index >= 15 is 0 Å². The Kier molecular flexibility index (Phi) is 11.6. The quantitative estimate of drug-likeness (QED) is 0.318. The number of allylic oxidation sites excluding steroid dienone is 1. The molecule has 1 atom stereocenters. The van der Waals surface area contributed by atoms with Gasteiger partial charge in [0.1, 0.15) is 0 Å². The summed E-state index contributed by atoms with van der Waals surface area (Å²) in [4.78, 5) is 0. The van der Waals surface area contributed by atoms with Crippen LogP contribution in [0.25, 0.3) is 0 Å². The highest BCUT2D eigenvalue weighted by molar-refractivity contribution is 7.47. The number of nitrogens with zero attached hydrogens (tertiary/aromatic N) is 2. The van der Waals surface area contributed by atoms with E-state index in [4.69, 9.17) is 4.52 Å². The smallest absolute Gasteiger partial charge is 0.188 e. The van der Waals surface area contributed by atoms with Crippen LogP contribution >= 0.6 is 8.45 Å². The molecule has 0 spiro atoms.